The molecular weight excluding hydrogens is 439 g/mol. The lowest BCUT2D eigenvalue weighted by Crippen LogP contribution is -2.16. The van der Waals surface area contributed by atoms with Gasteiger partial charge in [0.1, 0.15) is 10.5 Å². The normalized spacial score (nSPS) is 12.3. The Morgan fingerprint density at radius 1 is 1.00 bits per heavy atom. The Labute approximate surface area is 174 Å². The highest BCUT2D eigenvalue weighted by Crippen LogP contribution is 2.35. The quantitative estimate of drug-likeness (QED) is 0.447. The lowest BCUT2D eigenvalue weighted by molar-refractivity contribution is -0.137. The van der Waals surface area contributed by atoms with Crippen LogP contribution in [0.25, 0.3) is 16.9 Å². The van der Waals surface area contributed by atoms with Gasteiger partial charge in [-0.1, -0.05) is 35.9 Å². The van der Waals surface area contributed by atoms with Crippen molar-refractivity contribution in [3.8, 4) is 11.3 Å². The van der Waals surface area contributed by atoms with Gasteiger partial charge in [0, 0.05) is 18.0 Å². The predicted molar refractivity (Wildman–Crippen MR) is 108 cm³/mol. The molecule has 0 fully saturated rings. The number of rotatable bonds is 4. The monoisotopic (exact) mass is 451 g/mol. The highest BCUT2D eigenvalue weighted by atomic mass is 35.5. The van der Waals surface area contributed by atoms with Crippen molar-refractivity contribution in [3.63, 3.8) is 0 Å². The van der Waals surface area contributed by atoms with Gasteiger partial charge in [-0.2, -0.15) is 13.2 Å². The minimum Gasteiger partial charge on any atom is -0.306 e. The van der Waals surface area contributed by atoms with Crippen molar-refractivity contribution in [1.29, 1.82) is 0 Å². The number of para-hydroxylation sites is 1. The Hall–Kier alpha value is -3.04. The van der Waals surface area contributed by atoms with Crippen molar-refractivity contribution in [1.82, 2.24) is 9.38 Å². The van der Waals surface area contributed by atoms with Crippen LogP contribution in [0.1, 0.15) is 5.56 Å². The molecule has 0 saturated heterocycles. The maximum atomic E-state index is 13.0. The van der Waals surface area contributed by atoms with E-state index in [0.29, 0.717) is 23.0 Å². The SMILES string of the molecule is O=S(=O)(Nc1ccccc1-c1cn2ccccc2n1)c1cc(C(F)(F)F)ccc1Cl. The Morgan fingerprint density at radius 3 is 2.47 bits per heavy atom. The van der Waals surface area contributed by atoms with E-state index in [0.717, 1.165) is 12.1 Å². The molecule has 2 aromatic carbocycles. The van der Waals surface area contributed by atoms with Crippen LogP contribution >= 0.6 is 11.6 Å². The Bertz CT molecular complexity index is 1320. The van der Waals surface area contributed by atoms with E-state index in [-0.39, 0.29) is 10.7 Å². The van der Waals surface area contributed by atoms with Crippen LogP contribution < -0.4 is 4.72 Å². The molecule has 30 heavy (non-hydrogen) atoms. The summed E-state index contributed by atoms with van der Waals surface area (Å²) in [6, 6.07) is 14.0. The van der Waals surface area contributed by atoms with Crippen molar-refractivity contribution in [2.24, 2.45) is 0 Å². The average Bonchev–Trinajstić information content (AvgIpc) is 3.11. The summed E-state index contributed by atoms with van der Waals surface area (Å²) < 4.78 is 68.9. The summed E-state index contributed by atoms with van der Waals surface area (Å²) in [5, 5.41) is -0.319. The van der Waals surface area contributed by atoms with Crippen LogP contribution in [-0.4, -0.2) is 17.8 Å². The smallest absolute Gasteiger partial charge is 0.306 e. The van der Waals surface area contributed by atoms with Crippen LogP contribution in [0.15, 0.2) is 78.0 Å². The van der Waals surface area contributed by atoms with Gasteiger partial charge in [-0.25, -0.2) is 13.4 Å². The molecule has 0 unspecified atom stereocenters. The standard InChI is InChI=1S/C20H13ClF3N3O2S/c21-15-9-8-13(20(22,23)24)11-18(15)30(28,29)26-16-6-2-1-5-14(16)17-12-27-10-4-3-7-19(27)25-17/h1-12,26H. The van der Waals surface area contributed by atoms with Crippen molar-refractivity contribution in [3.05, 3.63) is 83.6 Å². The Morgan fingerprint density at radius 2 is 1.73 bits per heavy atom. The van der Waals surface area contributed by atoms with E-state index >= 15 is 0 Å². The van der Waals surface area contributed by atoms with Gasteiger partial charge in [-0.3, -0.25) is 4.72 Å². The predicted octanol–water partition coefficient (Wildman–Crippen LogP) is 5.47. The third kappa shape index (κ3) is 3.86. The molecule has 2 heterocycles. The summed E-state index contributed by atoms with van der Waals surface area (Å²) in [7, 11) is -4.40. The molecule has 0 radical (unpaired) electrons. The molecule has 0 aliphatic heterocycles. The van der Waals surface area contributed by atoms with Gasteiger partial charge in [-0.15, -0.1) is 0 Å². The number of benzene rings is 2. The minimum atomic E-state index is -4.71. The zero-order chi connectivity index (χ0) is 21.5. The van der Waals surface area contributed by atoms with Crippen LogP contribution in [0.5, 0.6) is 0 Å². The van der Waals surface area contributed by atoms with Crippen LogP contribution in [0.4, 0.5) is 18.9 Å². The average molecular weight is 452 g/mol. The fraction of sp³-hybridized carbons (Fsp3) is 0.0500. The molecule has 1 N–H and O–H groups in total. The van der Waals surface area contributed by atoms with E-state index in [1.165, 1.54) is 6.07 Å². The molecule has 0 atom stereocenters. The van der Waals surface area contributed by atoms with Crippen molar-refractivity contribution in [2.75, 3.05) is 4.72 Å². The molecule has 0 aliphatic rings. The minimum absolute atomic E-state index is 0.161. The molecule has 0 spiro atoms. The van der Waals surface area contributed by atoms with Crippen LogP contribution in [0.3, 0.4) is 0 Å². The Kier molecular flexibility index (Phi) is 4.95. The lowest BCUT2D eigenvalue weighted by Gasteiger charge is -2.14. The number of imidazole rings is 1. The maximum absolute atomic E-state index is 13.0. The molecule has 0 aliphatic carbocycles. The van der Waals surface area contributed by atoms with Gasteiger partial charge in [-0.05, 0) is 36.4 Å². The van der Waals surface area contributed by atoms with Crippen LogP contribution in [0, 0.1) is 0 Å². The van der Waals surface area contributed by atoms with Crippen LogP contribution in [0.2, 0.25) is 5.02 Å². The summed E-state index contributed by atoms with van der Waals surface area (Å²) >= 11 is 5.91. The Balaban J connectivity index is 1.77. The highest BCUT2D eigenvalue weighted by molar-refractivity contribution is 7.92. The fourth-order valence-electron chi connectivity index (χ4n) is 2.95. The van der Waals surface area contributed by atoms with Crippen molar-refractivity contribution in [2.45, 2.75) is 11.1 Å². The zero-order valence-electron chi connectivity index (χ0n) is 15.1. The summed E-state index contributed by atoms with van der Waals surface area (Å²) in [5.41, 5.74) is 0.670. The van der Waals surface area contributed by atoms with E-state index in [9.17, 15) is 21.6 Å². The first-order valence-corrected chi connectivity index (χ1v) is 10.4. The van der Waals surface area contributed by atoms with Gasteiger partial charge in [0.2, 0.25) is 0 Å². The molecule has 5 nitrogen and oxygen atoms in total. The number of pyridine rings is 1. The van der Waals surface area contributed by atoms with Crippen LogP contribution in [-0.2, 0) is 16.2 Å². The molecular formula is C20H13ClF3N3O2S. The number of hydrogen-bond acceptors (Lipinski definition) is 3. The molecule has 0 amide bonds. The fourth-order valence-corrected chi connectivity index (χ4v) is 4.55. The molecule has 4 aromatic rings. The number of sulfonamides is 1. The van der Waals surface area contributed by atoms with E-state index in [1.807, 2.05) is 12.1 Å². The second kappa shape index (κ2) is 7.33. The number of alkyl halides is 3. The number of halogens is 4. The molecule has 10 heteroatoms. The van der Waals surface area contributed by atoms with Crippen molar-refractivity contribution < 1.29 is 21.6 Å². The third-order valence-electron chi connectivity index (χ3n) is 4.36. The van der Waals surface area contributed by atoms with Crippen molar-refractivity contribution >= 4 is 33.0 Å². The molecule has 154 valence electrons. The lowest BCUT2D eigenvalue weighted by atomic mass is 10.1. The van der Waals surface area contributed by atoms with Gasteiger partial charge in [0.05, 0.1) is 22.0 Å². The van der Waals surface area contributed by atoms with Gasteiger partial charge >= 0.3 is 6.18 Å². The first kappa shape index (κ1) is 20.2. The first-order chi connectivity index (χ1) is 14.1. The number of anilines is 1. The summed E-state index contributed by atoms with van der Waals surface area (Å²) in [6.07, 6.45) is -1.19. The topological polar surface area (TPSA) is 63.5 Å². The summed E-state index contributed by atoms with van der Waals surface area (Å²) in [6.45, 7) is 0. The molecule has 0 saturated carbocycles. The molecule has 0 bridgehead atoms. The van der Waals surface area contributed by atoms with Gasteiger partial charge in [0.25, 0.3) is 10.0 Å². The van der Waals surface area contributed by atoms with E-state index < -0.39 is 26.7 Å². The van der Waals surface area contributed by atoms with Gasteiger partial charge < -0.3 is 4.40 Å². The summed E-state index contributed by atoms with van der Waals surface area (Å²) in [5.74, 6) is 0. The van der Waals surface area contributed by atoms with Gasteiger partial charge in [0.15, 0.2) is 0 Å². The largest absolute Gasteiger partial charge is 0.416 e. The van der Waals surface area contributed by atoms with E-state index in [1.54, 1.807) is 41.1 Å². The molecule has 4 rings (SSSR count). The van der Waals surface area contributed by atoms with E-state index in [4.69, 9.17) is 11.6 Å². The zero-order valence-corrected chi connectivity index (χ0v) is 16.6. The number of nitrogens with zero attached hydrogens (tertiary/aromatic N) is 2. The third-order valence-corrected chi connectivity index (χ3v) is 6.21. The number of aromatic nitrogens is 2. The second-order valence-electron chi connectivity index (χ2n) is 6.39. The first-order valence-electron chi connectivity index (χ1n) is 8.58. The molecule has 2 aromatic heterocycles. The van der Waals surface area contributed by atoms with E-state index in [2.05, 4.69) is 9.71 Å². The highest BCUT2D eigenvalue weighted by Gasteiger charge is 2.33. The number of nitrogens with one attached hydrogen (secondary N) is 1. The second-order valence-corrected chi connectivity index (χ2v) is 8.44. The summed E-state index contributed by atoms with van der Waals surface area (Å²) in [4.78, 5) is 3.80. The number of hydrogen-bond donors (Lipinski definition) is 1. The number of fused-ring (bicyclic) bond motifs is 1. The maximum Gasteiger partial charge on any atom is 0.416 e.